The van der Waals surface area contributed by atoms with Gasteiger partial charge >= 0.3 is 0 Å². The zero-order valence-electron chi connectivity index (χ0n) is 9.67. The number of anilines is 1. The van der Waals surface area contributed by atoms with E-state index >= 15 is 0 Å². The van der Waals surface area contributed by atoms with E-state index in [0.717, 1.165) is 24.8 Å². The minimum absolute atomic E-state index is 0.0404. The fourth-order valence-electron chi connectivity index (χ4n) is 2.88. The van der Waals surface area contributed by atoms with Crippen LogP contribution in [0.15, 0.2) is 18.5 Å². The van der Waals surface area contributed by atoms with Gasteiger partial charge in [-0.05, 0) is 38.2 Å². The van der Waals surface area contributed by atoms with Crippen LogP contribution in [0.2, 0.25) is 0 Å². The Labute approximate surface area is 101 Å². The summed E-state index contributed by atoms with van der Waals surface area (Å²) in [4.78, 5) is 3.98. The van der Waals surface area contributed by atoms with E-state index < -0.39 is 5.60 Å². The maximum atomic E-state index is 10.3. The summed E-state index contributed by atoms with van der Waals surface area (Å²) in [6, 6.07) is 1.90. The molecule has 0 spiro atoms. The van der Waals surface area contributed by atoms with Crippen LogP contribution in [0.3, 0.4) is 0 Å². The number of aromatic nitrogens is 1. The maximum absolute atomic E-state index is 10.3. The number of nitrogen functional groups attached to an aromatic ring is 1. The van der Waals surface area contributed by atoms with Crippen LogP contribution < -0.4 is 5.73 Å². The number of ether oxygens (including phenoxy) is 1. The molecule has 1 radical (unpaired) electrons. The number of nitrogens with zero attached hydrogens (tertiary/aromatic N) is 1. The third-order valence-electron chi connectivity index (χ3n) is 3.85. The first-order valence-electron chi connectivity index (χ1n) is 6.11. The second kappa shape index (κ2) is 3.96. The summed E-state index contributed by atoms with van der Waals surface area (Å²) < 4.78 is 5.99. The monoisotopic (exact) mass is 233 g/mol. The van der Waals surface area contributed by atoms with Crippen LogP contribution in [0.4, 0.5) is 5.69 Å². The molecule has 2 aliphatic rings. The van der Waals surface area contributed by atoms with Gasteiger partial charge in [-0.25, -0.2) is 0 Å². The van der Waals surface area contributed by atoms with Crippen molar-refractivity contribution in [2.75, 3.05) is 5.73 Å². The number of rotatable bonds is 1. The predicted molar refractivity (Wildman–Crippen MR) is 64.0 cm³/mol. The lowest BCUT2D eigenvalue weighted by Gasteiger charge is -2.39. The molecule has 0 bridgehead atoms. The molecular formula is C13H17N2O2. The number of hydrogen-bond donors (Lipinski definition) is 2. The molecule has 3 N–H and O–H groups in total. The van der Waals surface area contributed by atoms with Gasteiger partial charge in [-0.1, -0.05) is 0 Å². The van der Waals surface area contributed by atoms with Gasteiger partial charge in [-0.2, -0.15) is 0 Å². The summed E-state index contributed by atoms with van der Waals surface area (Å²) in [5.74, 6) is 0. The highest BCUT2D eigenvalue weighted by Crippen LogP contribution is 2.45. The summed E-state index contributed by atoms with van der Waals surface area (Å²) in [5, 5.41) is 10.3. The SMILES string of the molecule is Nc1cnccc1[C@H]1C[CH][C@]2(O)CCC[C@H]2O1. The first-order chi connectivity index (χ1) is 8.19. The molecule has 1 aliphatic carbocycles. The van der Waals surface area contributed by atoms with E-state index in [0.29, 0.717) is 12.1 Å². The number of aliphatic hydroxyl groups is 1. The highest BCUT2D eigenvalue weighted by atomic mass is 16.5. The van der Waals surface area contributed by atoms with Gasteiger partial charge in [0.2, 0.25) is 0 Å². The van der Waals surface area contributed by atoms with Gasteiger partial charge in [-0.15, -0.1) is 0 Å². The molecule has 1 saturated carbocycles. The molecule has 0 unspecified atom stereocenters. The maximum Gasteiger partial charge on any atom is 0.0941 e. The highest BCUT2D eigenvalue weighted by Gasteiger charge is 2.46. The Morgan fingerprint density at radius 1 is 1.53 bits per heavy atom. The molecular weight excluding hydrogens is 216 g/mol. The largest absolute Gasteiger partial charge is 0.397 e. The topological polar surface area (TPSA) is 68.4 Å². The van der Waals surface area contributed by atoms with Crippen LogP contribution in [0.1, 0.15) is 37.4 Å². The summed E-state index contributed by atoms with van der Waals surface area (Å²) in [6.07, 6.45) is 8.73. The van der Waals surface area contributed by atoms with Gasteiger partial charge in [0.15, 0.2) is 0 Å². The number of hydrogen-bond acceptors (Lipinski definition) is 4. The number of nitrogens with two attached hydrogens (primary N) is 1. The van der Waals surface area contributed by atoms with Crippen LogP contribution in [0.5, 0.6) is 0 Å². The molecule has 1 aromatic heterocycles. The minimum Gasteiger partial charge on any atom is -0.397 e. The van der Waals surface area contributed by atoms with Crippen molar-refractivity contribution in [2.45, 2.75) is 43.5 Å². The second-order valence-corrected chi connectivity index (χ2v) is 4.94. The number of pyridine rings is 1. The molecule has 2 fully saturated rings. The fraction of sp³-hybridized carbons (Fsp3) is 0.538. The standard InChI is InChI=1S/C13H17N2O2/c14-10-8-15-7-4-9(10)11-3-6-13(16)5-1-2-12(13)17-11/h4,6-8,11-12,16H,1-3,5,14H2/t11-,12-,13-/m1/s1. The van der Waals surface area contributed by atoms with Crippen LogP contribution in [-0.2, 0) is 4.74 Å². The first-order valence-corrected chi connectivity index (χ1v) is 6.11. The molecule has 91 valence electrons. The fourth-order valence-corrected chi connectivity index (χ4v) is 2.88. The Balaban J connectivity index is 1.82. The van der Waals surface area contributed by atoms with Crippen molar-refractivity contribution in [3.05, 3.63) is 30.4 Å². The molecule has 3 rings (SSSR count). The zero-order chi connectivity index (χ0) is 11.9. The van der Waals surface area contributed by atoms with Gasteiger partial charge < -0.3 is 15.6 Å². The smallest absolute Gasteiger partial charge is 0.0941 e. The molecule has 3 atom stereocenters. The zero-order valence-corrected chi connectivity index (χ0v) is 9.67. The van der Waals surface area contributed by atoms with Gasteiger partial charge in [0, 0.05) is 11.8 Å². The van der Waals surface area contributed by atoms with Crippen molar-refractivity contribution >= 4 is 5.69 Å². The van der Waals surface area contributed by atoms with Crippen molar-refractivity contribution in [2.24, 2.45) is 0 Å². The van der Waals surface area contributed by atoms with E-state index in [-0.39, 0.29) is 12.2 Å². The molecule has 4 heteroatoms. The van der Waals surface area contributed by atoms with E-state index in [9.17, 15) is 5.11 Å². The Morgan fingerprint density at radius 2 is 2.41 bits per heavy atom. The summed E-state index contributed by atoms with van der Waals surface area (Å²) >= 11 is 0. The van der Waals surface area contributed by atoms with Crippen molar-refractivity contribution < 1.29 is 9.84 Å². The Kier molecular flexibility index (Phi) is 2.56. The molecule has 2 heterocycles. The van der Waals surface area contributed by atoms with Gasteiger partial charge in [0.25, 0.3) is 0 Å². The quantitative estimate of drug-likeness (QED) is 0.773. The average Bonchev–Trinajstić information content (AvgIpc) is 2.70. The van der Waals surface area contributed by atoms with Gasteiger partial charge in [-0.3, -0.25) is 4.98 Å². The van der Waals surface area contributed by atoms with Crippen molar-refractivity contribution in [3.8, 4) is 0 Å². The van der Waals surface area contributed by atoms with Crippen LogP contribution in [-0.4, -0.2) is 21.8 Å². The lowest BCUT2D eigenvalue weighted by atomic mass is 9.87. The average molecular weight is 233 g/mol. The van der Waals surface area contributed by atoms with E-state index in [1.54, 1.807) is 12.4 Å². The minimum atomic E-state index is -0.710. The summed E-state index contributed by atoms with van der Waals surface area (Å²) in [6.45, 7) is 0. The number of fused-ring (bicyclic) bond motifs is 1. The second-order valence-electron chi connectivity index (χ2n) is 4.94. The summed E-state index contributed by atoms with van der Waals surface area (Å²) in [5.41, 5.74) is 6.83. The van der Waals surface area contributed by atoms with Crippen molar-refractivity contribution in [1.29, 1.82) is 0 Å². The molecule has 17 heavy (non-hydrogen) atoms. The molecule has 1 aromatic rings. The third-order valence-corrected chi connectivity index (χ3v) is 3.85. The Bertz CT molecular complexity index is 424. The van der Waals surface area contributed by atoms with E-state index in [1.807, 2.05) is 12.5 Å². The van der Waals surface area contributed by atoms with Crippen LogP contribution >= 0.6 is 0 Å². The van der Waals surface area contributed by atoms with Crippen LogP contribution in [0.25, 0.3) is 0 Å². The van der Waals surface area contributed by atoms with E-state index in [2.05, 4.69) is 4.98 Å². The first kappa shape index (κ1) is 11.0. The normalized spacial score (nSPS) is 36.8. The predicted octanol–water partition coefficient (Wildman–Crippen LogP) is 1.61. The molecule has 1 aliphatic heterocycles. The third kappa shape index (κ3) is 1.81. The lowest BCUT2D eigenvalue weighted by molar-refractivity contribution is -0.133. The Morgan fingerprint density at radius 3 is 3.24 bits per heavy atom. The van der Waals surface area contributed by atoms with E-state index in [4.69, 9.17) is 10.5 Å². The molecule has 4 nitrogen and oxygen atoms in total. The lowest BCUT2D eigenvalue weighted by Crippen LogP contribution is -2.44. The molecule has 1 saturated heterocycles. The molecule has 0 aromatic carbocycles. The molecule has 0 amide bonds. The van der Waals surface area contributed by atoms with Gasteiger partial charge in [0.05, 0.1) is 29.7 Å². The van der Waals surface area contributed by atoms with Gasteiger partial charge in [0.1, 0.15) is 0 Å². The van der Waals surface area contributed by atoms with E-state index in [1.165, 1.54) is 0 Å². The Hall–Kier alpha value is -1.13. The summed E-state index contributed by atoms with van der Waals surface area (Å²) in [7, 11) is 0. The van der Waals surface area contributed by atoms with Crippen molar-refractivity contribution in [3.63, 3.8) is 0 Å². The van der Waals surface area contributed by atoms with Crippen LogP contribution in [0, 0.1) is 6.42 Å². The van der Waals surface area contributed by atoms with Crippen molar-refractivity contribution in [1.82, 2.24) is 4.98 Å². The highest BCUT2D eigenvalue weighted by molar-refractivity contribution is 5.45.